The highest BCUT2D eigenvalue weighted by molar-refractivity contribution is 5.97. The van der Waals surface area contributed by atoms with Gasteiger partial charge in [-0.05, 0) is 78.0 Å². The van der Waals surface area contributed by atoms with E-state index in [1.807, 2.05) is 12.1 Å². The van der Waals surface area contributed by atoms with E-state index in [9.17, 15) is 15.0 Å². The van der Waals surface area contributed by atoms with Crippen LogP contribution in [-0.4, -0.2) is 16.2 Å². The molecule has 0 heterocycles. The lowest BCUT2D eigenvalue weighted by Crippen LogP contribution is -2.14. The maximum absolute atomic E-state index is 11.7. The van der Waals surface area contributed by atoms with Gasteiger partial charge < -0.3 is 10.2 Å². The summed E-state index contributed by atoms with van der Waals surface area (Å²) in [5.41, 5.74) is 6.95. The molecule has 0 amide bonds. The van der Waals surface area contributed by atoms with Crippen molar-refractivity contribution in [2.45, 2.75) is 72.6 Å². The van der Waals surface area contributed by atoms with Crippen molar-refractivity contribution in [2.24, 2.45) is 5.41 Å². The molecule has 32 heavy (non-hydrogen) atoms. The van der Waals surface area contributed by atoms with Gasteiger partial charge in [-0.15, -0.1) is 0 Å². The number of rotatable bonds is 4. The Morgan fingerprint density at radius 1 is 0.750 bits per heavy atom. The maximum Gasteiger partial charge on any atom is 0.331 e. The van der Waals surface area contributed by atoms with Crippen molar-refractivity contribution < 1.29 is 15.0 Å². The highest BCUT2D eigenvalue weighted by Crippen LogP contribution is 2.39. The van der Waals surface area contributed by atoms with Gasteiger partial charge in [0, 0.05) is 5.57 Å². The minimum Gasteiger partial charge on any atom is -0.508 e. The normalized spacial score (nSPS) is 16.1. The van der Waals surface area contributed by atoms with Crippen LogP contribution in [-0.2, 0) is 4.79 Å². The fourth-order valence-corrected chi connectivity index (χ4v) is 4.91. The van der Waals surface area contributed by atoms with Crippen LogP contribution in [0.5, 0.6) is 5.75 Å². The Kier molecular flexibility index (Phi) is 7.60. The zero-order chi connectivity index (χ0) is 23.3. The van der Waals surface area contributed by atoms with E-state index < -0.39 is 5.97 Å². The highest BCUT2D eigenvalue weighted by Gasteiger charge is 2.24. The summed E-state index contributed by atoms with van der Waals surface area (Å²) in [7, 11) is 0. The van der Waals surface area contributed by atoms with E-state index in [2.05, 4.69) is 45.0 Å². The molecule has 3 heteroatoms. The van der Waals surface area contributed by atoms with Gasteiger partial charge in [0.1, 0.15) is 5.75 Å². The first-order valence-electron chi connectivity index (χ1n) is 11.8. The Morgan fingerprint density at radius 3 is 1.66 bits per heavy atom. The lowest BCUT2D eigenvalue weighted by atomic mass is 9.78. The third kappa shape index (κ3) is 5.70. The van der Waals surface area contributed by atoms with Gasteiger partial charge in [-0.1, -0.05) is 82.0 Å². The summed E-state index contributed by atoms with van der Waals surface area (Å²) in [6.45, 7) is 7.86. The Balaban J connectivity index is 2.11. The molecule has 0 radical (unpaired) electrons. The van der Waals surface area contributed by atoms with Crippen LogP contribution in [0.2, 0.25) is 0 Å². The maximum atomic E-state index is 11.7. The number of phenolic OH excluding ortho intramolecular Hbond substituents is 1. The number of phenols is 1. The van der Waals surface area contributed by atoms with Crippen molar-refractivity contribution in [3.8, 4) is 5.75 Å². The Bertz CT molecular complexity index is 990. The fourth-order valence-electron chi connectivity index (χ4n) is 4.91. The van der Waals surface area contributed by atoms with E-state index >= 15 is 0 Å². The average molecular weight is 433 g/mol. The van der Waals surface area contributed by atoms with Crippen molar-refractivity contribution in [3.63, 3.8) is 0 Å². The lowest BCUT2D eigenvalue weighted by Gasteiger charge is -2.26. The summed E-state index contributed by atoms with van der Waals surface area (Å²) < 4.78 is 0. The Hall–Kier alpha value is -2.81. The van der Waals surface area contributed by atoms with Crippen molar-refractivity contribution in [3.05, 3.63) is 76.4 Å². The molecular formula is C29H36O3. The van der Waals surface area contributed by atoms with Gasteiger partial charge in [0.25, 0.3) is 0 Å². The van der Waals surface area contributed by atoms with Crippen molar-refractivity contribution in [1.82, 2.24) is 0 Å². The molecule has 0 unspecified atom stereocenters. The van der Waals surface area contributed by atoms with E-state index in [4.69, 9.17) is 0 Å². The van der Waals surface area contributed by atoms with Gasteiger partial charge in [-0.3, -0.25) is 0 Å². The number of hydrogen-bond donors (Lipinski definition) is 2. The molecule has 0 bridgehead atoms. The predicted molar refractivity (Wildman–Crippen MR) is 133 cm³/mol. The minimum atomic E-state index is -0.875. The van der Waals surface area contributed by atoms with Crippen molar-refractivity contribution >= 4 is 17.1 Å². The Labute approximate surface area is 192 Å². The molecule has 1 aliphatic rings. The topological polar surface area (TPSA) is 57.5 Å². The first kappa shape index (κ1) is 23.8. The van der Waals surface area contributed by atoms with Crippen LogP contribution in [0.15, 0.2) is 59.7 Å². The number of aliphatic carboxylic acids is 1. The number of benzene rings is 2. The molecule has 1 fully saturated rings. The molecule has 0 atom stereocenters. The van der Waals surface area contributed by atoms with Gasteiger partial charge in [0.2, 0.25) is 0 Å². The van der Waals surface area contributed by atoms with E-state index in [0.29, 0.717) is 5.57 Å². The van der Waals surface area contributed by atoms with Crippen LogP contribution in [0.4, 0.5) is 0 Å². The molecule has 3 nitrogen and oxygen atoms in total. The SMILES string of the molecule is C/C(C(=O)O)=C(/c1ccc(C(=C2CCCCCCC2)c2ccc(O)cc2)cc1)C(C)(C)C. The highest BCUT2D eigenvalue weighted by atomic mass is 16.4. The number of carboxylic acids is 1. The molecule has 170 valence electrons. The second-order valence-corrected chi connectivity index (χ2v) is 9.93. The van der Waals surface area contributed by atoms with Gasteiger partial charge in [0.05, 0.1) is 0 Å². The molecule has 1 aliphatic carbocycles. The van der Waals surface area contributed by atoms with Crippen molar-refractivity contribution in [2.75, 3.05) is 0 Å². The second-order valence-electron chi connectivity index (χ2n) is 9.93. The lowest BCUT2D eigenvalue weighted by molar-refractivity contribution is -0.132. The number of aromatic hydroxyl groups is 1. The van der Waals surface area contributed by atoms with Gasteiger partial charge in [0.15, 0.2) is 0 Å². The third-order valence-electron chi connectivity index (χ3n) is 6.37. The van der Waals surface area contributed by atoms with Gasteiger partial charge >= 0.3 is 5.97 Å². The van der Waals surface area contributed by atoms with E-state index in [0.717, 1.165) is 35.1 Å². The molecule has 0 saturated heterocycles. The number of carboxylic acid groups (broad SMARTS) is 1. The minimum absolute atomic E-state index is 0.273. The summed E-state index contributed by atoms with van der Waals surface area (Å²) in [4.78, 5) is 11.7. The van der Waals surface area contributed by atoms with Crippen LogP contribution in [0, 0.1) is 5.41 Å². The van der Waals surface area contributed by atoms with Crippen LogP contribution < -0.4 is 0 Å². The Morgan fingerprint density at radius 2 is 1.19 bits per heavy atom. The predicted octanol–water partition coefficient (Wildman–Crippen LogP) is 7.84. The standard InChI is InChI=1S/C29H36O3/c1-20(28(31)32)27(29(2,3)4)24-14-12-22(13-15-24)26(23-16-18-25(30)19-17-23)21-10-8-6-5-7-9-11-21/h12-19,30H,5-11H2,1-4H3,(H,31,32)/b27-20+. The van der Waals surface area contributed by atoms with Crippen LogP contribution >= 0.6 is 0 Å². The van der Waals surface area contributed by atoms with Crippen LogP contribution in [0.1, 0.15) is 89.3 Å². The molecule has 2 N–H and O–H groups in total. The zero-order valence-corrected chi connectivity index (χ0v) is 19.9. The molecule has 2 aromatic rings. The number of allylic oxidation sites excluding steroid dienone is 2. The molecule has 1 saturated carbocycles. The first-order valence-corrected chi connectivity index (χ1v) is 11.8. The smallest absolute Gasteiger partial charge is 0.331 e. The summed E-state index contributed by atoms with van der Waals surface area (Å²) in [6, 6.07) is 15.9. The molecular weight excluding hydrogens is 396 g/mol. The quantitative estimate of drug-likeness (QED) is 0.484. The van der Waals surface area contributed by atoms with E-state index in [-0.39, 0.29) is 11.2 Å². The summed E-state index contributed by atoms with van der Waals surface area (Å²) in [5, 5.41) is 19.4. The number of hydrogen-bond acceptors (Lipinski definition) is 2. The number of carbonyl (C=O) groups is 1. The second kappa shape index (κ2) is 10.2. The van der Waals surface area contributed by atoms with E-state index in [1.54, 1.807) is 19.1 Å². The van der Waals surface area contributed by atoms with Gasteiger partial charge in [-0.25, -0.2) is 4.79 Å². The zero-order valence-electron chi connectivity index (χ0n) is 19.9. The largest absolute Gasteiger partial charge is 0.508 e. The summed E-state index contributed by atoms with van der Waals surface area (Å²) in [6.07, 6.45) is 8.50. The molecule has 0 aliphatic heterocycles. The van der Waals surface area contributed by atoms with Crippen LogP contribution in [0.25, 0.3) is 11.1 Å². The van der Waals surface area contributed by atoms with E-state index in [1.165, 1.54) is 43.3 Å². The summed E-state index contributed by atoms with van der Waals surface area (Å²) in [5.74, 6) is -0.601. The first-order chi connectivity index (χ1) is 15.2. The molecule has 0 spiro atoms. The molecule has 0 aromatic heterocycles. The summed E-state index contributed by atoms with van der Waals surface area (Å²) >= 11 is 0. The third-order valence-corrected chi connectivity index (χ3v) is 6.37. The molecule has 3 rings (SSSR count). The van der Waals surface area contributed by atoms with Crippen LogP contribution in [0.3, 0.4) is 0 Å². The average Bonchev–Trinajstić information content (AvgIpc) is 2.71. The monoisotopic (exact) mass is 432 g/mol. The molecule has 2 aromatic carbocycles. The van der Waals surface area contributed by atoms with Crippen molar-refractivity contribution in [1.29, 1.82) is 0 Å². The van der Waals surface area contributed by atoms with Gasteiger partial charge in [-0.2, -0.15) is 0 Å². The fraction of sp³-hybridized carbons (Fsp3) is 0.414.